The summed E-state index contributed by atoms with van der Waals surface area (Å²) >= 11 is 0. The molecule has 1 heterocycles. The number of pyridine rings is 1. The fourth-order valence-corrected chi connectivity index (χ4v) is 5.06. The molecule has 6 heteroatoms. The van der Waals surface area contributed by atoms with E-state index in [2.05, 4.69) is 118 Å². The molecule has 4 aromatic carbocycles. The summed E-state index contributed by atoms with van der Waals surface area (Å²) in [5.74, 6) is 0. The van der Waals surface area contributed by atoms with Crippen LogP contribution in [0, 0.1) is 34.6 Å². The zero-order chi connectivity index (χ0) is 26.2. The minimum Gasteiger partial charge on any atom is -0.418 e. The van der Waals surface area contributed by atoms with Gasteiger partial charge in [0.1, 0.15) is 0 Å². The van der Waals surface area contributed by atoms with Crippen LogP contribution in [0.4, 0.5) is 17.3 Å². The lowest BCUT2D eigenvalue weighted by molar-refractivity contribution is -0.537. The smallest absolute Gasteiger partial charge is 0.418 e. The third-order valence-corrected chi connectivity index (χ3v) is 6.27. The van der Waals surface area contributed by atoms with Crippen molar-refractivity contribution in [2.24, 2.45) is 0 Å². The molecule has 0 unspecified atom stereocenters. The number of rotatable bonds is 2. The van der Waals surface area contributed by atoms with Crippen LogP contribution in [0.25, 0.3) is 38.6 Å². The Hall–Kier alpha value is -3.67. The van der Waals surface area contributed by atoms with Gasteiger partial charge < -0.3 is 17.3 Å². The van der Waals surface area contributed by atoms with E-state index in [1.165, 1.54) is 66.4 Å². The van der Waals surface area contributed by atoms with E-state index in [9.17, 15) is 17.3 Å². The van der Waals surface area contributed by atoms with Crippen LogP contribution in [0.2, 0.25) is 0 Å². The first-order valence-electron chi connectivity index (χ1n) is 11.8. The van der Waals surface area contributed by atoms with Crippen molar-refractivity contribution in [3.8, 4) is 16.8 Å². The van der Waals surface area contributed by atoms with E-state index >= 15 is 0 Å². The summed E-state index contributed by atoms with van der Waals surface area (Å²) in [5.41, 5.74) is 12.9. The molecule has 0 aliphatic rings. The second kappa shape index (κ2) is 9.77. The van der Waals surface area contributed by atoms with Crippen LogP contribution in [0.3, 0.4) is 0 Å². The Morgan fingerprint density at radius 2 is 0.972 bits per heavy atom. The second-order valence-corrected chi connectivity index (χ2v) is 9.36. The number of halogens is 4. The highest BCUT2D eigenvalue weighted by atomic mass is 19.5. The normalized spacial score (nSPS) is 11.5. The Kier molecular flexibility index (Phi) is 6.90. The fraction of sp³-hybridized carbons (Fsp3) is 0.167. The minimum atomic E-state index is -6.00. The van der Waals surface area contributed by atoms with E-state index in [1.54, 1.807) is 0 Å². The number of hydrogen-bond acceptors (Lipinski definition) is 0. The van der Waals surface area contributed by atoms with Crippen molar-refractivity contribution in [1.82, 2.24) is 0 Å². The van der Waals surface area contributed by atoms with Gasteiger partial charge in [0.2, 0.25) is 16.7 Å². The molecule has 184 valence electrons. The van der Waals surface area contributed by atoms with Crippen LogP contribution in [0.1, 0.15) is 27.8 Å². The third kappa shape index (κ3) is 5.28. The standard InChI is InChI=1S/C30H28N.BF4/c1-19-11-13-27-25(17-19)30(29-22(4)15-21(3)16-23(29)5)26-18-20(2)12-14-28(26)31(27)24-9-7-6-8-10-24;2-1(3,4)5/h6-18H,1-5H3;/q+1;-1. The molecule has 1 aromatic heterocycles. The summed E-state index contributed by atoms with van der Waals surface area (Å²) in [6.07, 6.45) is 0. The van der Waals surface area contributed by atoms with E-state index < -0.39 is 7.25 Å². The van der Waals surface area contributed by atoms with Crippen LogP contribution in [-0.2, 0) is 0 Å². The predicted octanol–water partition coefficient (Wildman–Crippen LogP) is 8.78. The summed E-state index contributed by atoms with van der Waals surface area (Å²) in [6, 6.07) is 29.0. The molecule has 0 saturated carbocycles. The molecule has 0 aliphatic heterocycles. The number of benzene rings is 4. The van der Waals surface area contributed by atoms with Gasteiger partial charge in [0, 0.05) is 29.8 Å². The highest BCUT2D eigenvalue weighted by Gasteiger charge is 2.25. The lowest BCUT2D eigenvalue weighted by atomic mass is 9.88. The van der Waals surface area contributed by atoms with Crippen molar-refractivity contribution in [1.29, 1.82) is 0 Å². The van der Waals surface area contributed by atoms with E-state index in [-0.39, 0.29) is 0 Å². The summed E-state index contributed by atoms with van der Waals surface area (Å²) in [4.78, 5) is 0. The zero-order valence-corrected chi connectivity index (χ0v) is 21.0. The van der Waals surface area contributed by atoms with Crippen molar-refractivity contribution in [2.45, 2.75) is 34.6 Å². The van der Waals surface area contributed by atoms with Crippen LogP contribution >= 0.6 is 0 Å². The molecule has 0 bridgehead atoms. The number of para-hydroxylation sites is 1. The van der Waals surface area contributed by atoms with Crippen LogP contribution in [-0.4, -0.2) is 7.25 Å². The number of aromatic nitrogens is 1. The molecule has 0 saturated heterocycles. The lowest BCUT2D eigenvalue weighted by Gasteiger charge is -2.17. The van der Waals surface area contributed by atoms with Gasteiger partial charge in [-0.15, -0.1) is 0 Å². The molecular formula is C30H28BF4N. The highest BCUT2D eigenvalue weighted by molar-refractivity contribution is 6.50. The van der Waals surface area contributed by atoms with Gasteiger partial charge in [-0.05, 0) is 63.4 Å². The van der Waals surface area contributed by atoms with Crippen LogP contribution in [0.15, 0.2) is 78.9 Å². The van der Waals surface area contributed by atoms with Gasteiger partial charge in [0.25, 0.3) is 0 Å². The first kappa shape index (κ1) is 25.4. The number of nitrogens with zero attached hydrogens (tertiary/aromatic N) is 1. The Labute approximate surface area is 209 Å². The Morgan fingerprint density at radius 3 is 1.42 bits per heavy atom. The maximum Gasteiger partial charge on any atom is 0.673 e. The predicted molar refractivity (Wildman–Crippen MR) is 142 cm³/mol. The van der Waals surface area contributed by atoms with Crippen LogP contribution < -0.4 is 4.57 Å². The van der Waals surface area contributed by atoms with Gasteiger partial charge in [-0.3, -0.25) is 0 Å². The maximum atomic E-state index is 9.75. The second-order valence-electron chi connectivity index (χ2n) is 9.36. The zero-order valence-electron chi connectivity index (χ0n) is 21.0. The minimum absolute atomic E-state index is 1.19. The Morgan fingerprint density at radius 1 is 0.528 bits per heavy atom. The van der Waals surface area contributed by atoms with Gasteiger partial charge in [0.15, 0.2) is 0 Å². The Bertz CT molecular complexity index is 1480. The lowest BCUT2D eigenvalue weighted by Crippen LogP contribution is -2.33. The fourth-order valence-electron chi connectivity index (χ4n) is 5.06. The average molecular weight is 489 g/mol. The van der Waals surface area contributed by atoms with Gasteiger partial charge in [-0.25, -0.2) is 0 Å². The molecule has 5 aromatic rings. The van der Waals surface area contributed by atoms with Crippen molar-refractivity contribution in [2.75, 3.05) is 0 Å². The molecule has 1 nitrogen and oxygen atoms in total. The van der Waals surface area contributed by atoms with Gasteiger partial charge in [-0.2, -0.15) is 4.57 Å². The Balaban J connectivity index is 0.000000556. The summed E-state index contributed by atoms with van der Waals surface area (Å²) in [6.45, 7) is 11.0. The molecular weight excluding hydrogens is 461 g/mol. The quantitative estimate of drug-likeness (QED) is 0.101. The number of aryl methyl sites for hydroxylation is 5. The van der Waals surface area contributed by atoms with E-state index in [1.807, 2.05) is 0 Å². The first-order valence-corrected chi connectivity index (χ1v) is 11.8. The first-order chi connectivity index (χ1) is 16.9. The van der Waals surface area contributed by atoms with Crippen LogP contribution in [0.5, 0.6) is 0 Å². The largest absolute Gasteiger partial charge is 0.673 e. The van der Waals surface area contributed by atoms with E-state index in [0.29, 0.717) is 0 Å². The van der Waals surface area contributed by atoms with E-state index in [4.69, 9.17) is 0 Å². The SMILES string of the molecule is Cc1cc(C)c(-c2c3cc(C)ccc3[n+](-c3ccccc3)c3ccc(C)cc23)c(C)c1.F[B-](F)(F)F. The van der Waals surface area contributed by atoms with E-state index in [0.717, 1.165) is 0 Å². The van der Waals surface area contributed by atoms with Gasteiger partial charge in [0.05, 0.1) is 10.8 Å². The molecule has 0 aliphatic carbocycles. The molecule has 0 N–H and O–H groups in total. The molecule has 0 amide bonds. The molecule has 36 heavy (non-hydrogen) atoms. The number of fused-ring (bicyclic) bond motifs is 2. The van der Waals surface area contributed by atoms with Gasteiger partial charge in [-0.1, -0.05) is 59.2 Å². The molecule has 0 fully saturated rings. The molecule has 0 spiro atoms. The van der Waals surface area contributed by atoms with Crippen molar-refractivity contribution in [3.63, 3.8) is 0 Å². The summed E-state index contributed by atoms with van der Waals surface area (Å²) < 4.78 is 41.4. The monoisotopic (exact) mass is 489 g/mol. The molecule has 0 radical (unpaired) electrons. The van der Waals surface area contributed by atoms with Crippen molar-refractivity contribution in [3.05, 3.63) is 107 Å². The number of hydrogen-bond donors (Lipinski definition) is 0. The molecule has 0 atom stereocenters. The molecule has 5 rings (SSSR count). The topological polar surface area (TPSA) is 3.88 Å². The third-order valence-electron chi connectivity index (χ3n) is 6.27. The summed E-state index contributed by atoms with van der Waals surface area (Å²) in [5, 5.41) is 2.61. The maximum absolute atomic E-state index is 9.75. The average Bonchev–Trinajstić information content (AvgIpc) is 2.78. The summed E-state index contributed by atoms with van der Waals surface area (Å²) in [7, 11) is -6.00. The van der Waals surface area contributed by atoms with Crippen molar-refractivity contribution >= 4 is 29.1 Å². The highest BCUT2D eigenvalue weighted by Crippen LogP contribution is 2.39. The van der Waals surface area contributed by atoms with Crippen molar-refractivity contribution < 1.29 is 21.8 Å². The van der Waals surface area contributed by atoms with Gasteiger partial charge >= 0.3 is 7.25 Å².